The van der Waals surface area contributed by atoms with Crippen LogP contribution in [0.25, 0.3) is 0 Å². The van der Waals surface area contributed by atoms with Crippen molar-refractivity contribution in [2.24, 2.45) is 5.92 Å². The Bertz CT molecular complexity index is 462. The van der Waals surface area contributed by atoms with E-state index in [4.69, 9.17) is 10.5 Å². The average Bonchev–Trinajstić information content (AvgIpc) is 2.82. The van der Waals surface area contributed by atoms with Crippen molar-refractivity contribution in [1.82, 2.24) is 9.88 Å². The number of nitrogens with two attached hydrogens (primary N) is 1. The molecule has 112 valence electrons. The lowest BCUT2D eigenvalue weighted by Gasteiger charge is -2.28. The molecule has 0 aromatic carbocycles. The molecule has 1 aromatic heterocycles. The molecule has 1 atom stereocenters. The molecular weight excluding hydrogens is 254 g/mol. The lowest BCUT2D eigenvalue weighted by Crippen LogP contribution is -2.41. The molecule has 1 fully saturated rings. The minimum Gasteiger partial charge on any atom is -0.397 e. The lowest BCUT2D eigenvalue weighted by molar-refractivity contribution is 0.0536. The molecule has 0 radical (unpaired) electrons. The molecule has 0 spiro atoms. The molecule has 1 saturated heterocycles. The van der Waals surface area contributed by atoms with Gasteiger partial charge in [-0.25, -0.2) is 0 Å². The minimum absolute atomic E-state index is 0.0469. The average molecular weight is 279 g/mol. The smallest absolute Gasteiger partial charge is 0.268 e. The third-order valence-electron chi connectivity index (χ3n) is 3.99. The van der Waals surface area contributed by atoms with Crippen LogP contribution in [0.4, 0.5) is 5.69 Å². The van der Waals surface area contributed by atoms with Crippen molar-refractivity contribution in [1.29, 1.82) is 0 Å². The highest BCUT2D eigenvalue weighted by Gasteiger charge is 2.23. The molecule has 0 bridgehead atoms. The number of nitrogens with one attached hydrogen (secondary N) is 1. The van der Waals surface area contributed by atoms with Crippen molar-refractivity contribution in [2.75, 3.05) is 18.9 Å². The van der Waals surface area contributed by atoms with Gasteiger partial charge in [-0.1, -0.05) is 0 Å². The monoisotopic (exact) mass is 279 g/mol. The van der Waals surface area contributed by atoms with Crippen LogP contribution in [0.5, 0.6) is 0 Å². The van der Waals surface area contributed by atoms with Crippen molar-refractivity contribution in [3.8, 4) is 0 Å². The fourth-order valence-electron chi connectivity index (χ4n) is 2.72. The maximum Gasteiger partial charge on any atom is 0.268 e. The van der Waals surface area contributed by atoms with Crippen molar-refractivity contribution in [3.63, 3.8) is 0 Å². The first-order chi connectivity index (χ1) is 9.49. The van der Waals surface area contributed by atoms with Gasteiger partial charge in [0.15, 0.2) is 0 Å². The Balaban J connectivity index is 2.04. The lowest BCUT2D eigenvalue weighted by atomic mass is 9.93. The molecule has 1 aromatic rings. The third kappa shape index (κ3) is 3.33. The number of anilines is 1. The summed E-state index contributed by atoms with van der Waals surface area (Å²) < 4.78 is 7.28. The van der Waals surface area contributed by atoms with Crippen molar-refractivity contribution >= 4 is 11.6 Å². The summed E-state index contributed by atoms with van der Waals surface area (Å²) in [6.07, 6.45) is 3.84. The highest BCUT2D eigenvalue weighted by molar-refractivity contribution is 5.94. The number of nitrogen functional groups attached to an aromatic ring is 1. The predicted octanol–water partition coefficient (Wildman–Crippen LogP) is 2.20. The SMILES string of the molecule is CC(NC(=O)c1cc(N)cn1C(C)C)C1CCOCC1. The van der Waals surface area contributed by atoms with Gasteiger partial charge in [0.2, 0.25) is 0 Å². The zero-order valence-corrected chi connectivity index (χ0v) is 12.6. The normalized spacial score (nSPS) is 18.2. The van der Waals surface area contributed by atoms with E-state index in [1.165, 1.54) is 0 Å². The van der Waals surface area contributed by atoms with Gasteiger partial charge in [0.05, 0.1) is 5.69 Å². The highest BCUT2D eigenvalue weighted by atomic mass is 16.5. The number of nitrogens with zero attached hydrogens (tertiary/aromatic N) is 1. The van der Waals surface area contributed by atoms with E-state index in [9.17, 15) is 4.79 Å². The molecule has 2 heterocycles. The largest absolute Gasteiger partial charge is 0.397 e. The summed E-state index contributed by atoms with van der Waals surface area (Å²) in [7, 11) is 0. The van der Waals surface area contributed by atoms with E-state index in [1.54, 1.807) is 6.07 Å². The first kappa shape index (κ1) is 14.9. The van der Waals surface area contributed by atoms with Crippen LogP contribution in [0, 0.1) is 5.92 Å². The molecule has 0 saturated carbocycles. The molecule has 0 aliphatic carbocycles. The quantitative estimate of drug-likeness (QED) is 0.887. The van der Waals surface area contributed by atoms with E-state index >= 15 is 0 Å². The maximum atomic E-state index is 12.4. The minimum atomic E-state index is -0.0469. The highest BCUT2D eigenvalue weighted by Crippen LogP contribution is 2.20. The molecule has 2 rings (SSSR count). The molecular formula is C15H25N3O2. The van der Waals surface area contributed by atoms with Gasteiger partial charge in [-0.3, -0.25) is 4.79 Å². The second-order valence-corrected chi connectivity index (χ2v) is 5.87. The Labute approximate surface area is 120 Å². The van der Waals surface area contributed by atoms with Gasteiger partial charge in [-0.05, 0) is 45.6 Å². The number of hydrogen-bond donors (Lipinski definition) is 2. The second-order valence-electron chi connectivity index (χ2n) is 5.87. The summed E-state index contributed by atoms with van der Waals surface area (Å²) in [5.74, 6) is 0.446. The molecule has 1 amide bonds. The molecule has 1 unspecified atom stereocenters. The Morgan fingerprint density at radius 2 is 2.05 bits per heavy atom. The van der Waals surface area contributed by atoms with Crippen molar-refractivity contribution in [3.05, 3.63) is 18.0 Å². The fourth-order valence-corrected chi connectivity index (χ4v) is 2.72. The molecule has 20 heavy (non-hydrogen) atoms. The number of carbonyl (C=O) groups is 1. The molecule has 5 heteroatoms. The summed E-state index contributed by atoms with van der Waals surface area (Å²) in [5.41, 5.74) is 7.07. The molecule has 1 aliphatic rings. The van der Waals surface area contributed by atoms with Crippen LogP contribution in [-0.2, 0) is 4.74 Å². The molecule has 5 nitrogen and oxygen atoms in total. The molecule has 3 N–H and O–H groups in total. The number of aromatic nitrogens is 1. The van der Waals surface area contributed by atoms with Gasteiger partial charge in [0, 0.05) is 31.5 Å². The maximum absolute atomic E-state index is 12.4. The summed E-state index contributed by atoms with van der Waals surface area (Å²) in [6, 6.07) is 2.11. The van der Waals surface area contributed by atoms with Crippen LogP contribution in [-0.4, -0.2) is 29.7 Å². The van der Waals surface area contributed by atoms with Crippen LogP contribution in [0.3, 0.4) is 0 Å². The predicted molar refractivity (Wildman–Crippen MR) is 79.7 cm³/mol. The van der Waals surface area contributed by atoms with Crippen LogP contribution in [0.15, 0.2) is 12.3 Å². The first-order valence-corrected chi connectivity index (χ1v) is 7.35. The Kier molecular flexibility index (Phi) is 4.70. The Morgan fingerprint density at radius 1 is 1.40 bits per heavy atom. The van der Waals surface area contributed by atoms with Gasteiger partial charge in [-0.15, -0.1) is 0 Å². The van der Waals surface area contributed by atoms with E-state index in [-0.39, 0.29) is 18.0 Å². The topological polar surface area (TPSA) is 69.3 Å². The van der Waals surface area contributed by atoms with Crippen LogP contribution >= 0.6 is 0 Å². The summed E-state index contributed by atoms with van der Waals surface area (Å²) in [5, 5.41) is 3.10. The summed E-state index contributed by atoms with van der Waals surface area (Å²) in [4.78, 5) is 12.4. The first-order valence-electron chi connectivity index (χ1n) is 7.35. The van der Waals surface area contributed by atoms with E-state index < -0.39 is 0 Å². The van der Waals surface area contributed by atoms with Gasteiger partial charge < -0.3 is 20.4 Å². The van der Waals surface area contributed by atoms with Gasteiger partial charge in [-0.2, -0.15) is 0 Å². The Hall–Kier alpha value is -1.49. The van der Waals surface area contributed by atoms with Gasteiger partial charge in [0.1, 0.15) is 5.69 Å². The van der Waals surface area contributed by atoms with Gasteiger partial charge in [0.25, 0.3) is 5.91 Å². The zero-order chi connectivity index (χ0) is 14.7. The van der Waals surface area contributed by atoms with Crippen LogP contribution in [0.2, 0.25) is 0 Å². The number of amides is 1. The van der Waals surface area contributed by atoms with E-state index in [1.807, 2.05) is 24.6 Å². The van der Waals surface area contributed by atoms with E-state index in [0.29, 0.717) is 17.3 Å². The van der Waals surface area contributed by atoms with Crippen LogP contribution < -0.4 is 11.1 Å². The van der Waals surface area contributed by atoms with Crippen molar-refractivity contribution < 1.29 is 9.53 Å². The standard InChI is InChI=1S/C15H25N3O2/c1-10(2)18-9-13(16)8-14(18)15(19)17-11(3)12-4-6-20-7-5-12/h8-12H,4-7,16H2,1-3H3,(H,17,19). The third-order valence-corrected chi connectivity index (χ3v) is 3.99. The van der Waals surface area contributed by atoms with E-state index in [0.717, 1.165) is 26.1 Å². The number of rotatable bonds is 4. The van der Waals surface area contributed by atoms with E-state index in [2.05, 4.69) is 12.2 Å². The summed E-state index contributed by atoms with van der Waals surface area (Å²) >= 11 is 0. The number of carbonyl (C=O) groups excluding carboxylic acids is 1. The molecule has 1 aliphatic heterocycles. The number of ether oxygens (including phenoxy) is 1. The summed E-state index contributed by atoms with van der Waals surface area (Å²) in [6.45, 7) is 7.73. The van der Waals surface area contributed by atoms with Crippen LogP contribution in [0.1, 0.15) is 50.1 Å². The van der Waals surface area contributed by atoms with Gasteiger partial charge >= 0.3 is 0 Å². The zero-order valence-electron chi connectivity index (χ0n) is 12.6. The Morgan fingerprint density at radius 3 is 2.65 bits per heavy atom. The number of hydrogen-bond acceptors (Lipinski definition) is 3. The fraction of sp³-hybridized carbons (Fsp3) is 0.667. The van der Waals surface area contributed by atoms with Crippen molar-refractivity contribution in [2.45, 2.75) is 45.7 Å². The second kappa shape index (κ2) is 6.31.